The summed E-state index contributed by atoms with van der Waals surface area (Å²) < 4.78 is 5.13. The Morgan fingerprint density at radius 3 is 2.33 bits per heavy atom. The van der Waals surface area contributed by atoms with Crippen molar-refractivity contribution in [2.75, 3.05) is 0 Å². The zero-order chi connectivity index (χ0) is 11.3. The maximum atomic E-state index is 11.3. The lowest BCUT2D eigenvalue weighted by molar-refractivity contribution is -0.148. The van der Waals surface area contributed by atoms with E-state index in [1.54, 1.807) is 6.08 Å². The Hall–Kier alpha value is -1.57. The summed E-state index contributed by atoms with van der Waals surface area (Å²) in [4.78, 5) is 11.3. The number of ether oxygens (including phenoxy) is 1. The van der Waals surface area contributed by atoms with Crippen LogP contribution in [0.15, 0.2) is 36.4 Å². The van der Waals surface area contributed by atoms with Crippen molar-refractivity contribution in [3.8, 4) is 0 Å². The molecule has 0 amide bonds. The summed E-state index contributed by atoms with van der Waals surface area (Å²) in [5, 5.41) is 0. The van der Waals surface area contributed by atoms with Gasteiger partial charge in [-0.1, -0.05) is 30.3 Å². The van der Waals surface area contributed by atoms with Crippen molar-refractivity contribution >= 4 is 12.0 Å². The van der Waals surface area contributed by atoms with Gasteiger partial charge in [0.1, 0.15) is 5.60 Å². The smallest absolute Gasteiger partial charge is 0.331 e. The molecule has 1 aromatic carbocycles. The number of carbonyl (C=O) groups excluding carboxylic acids is 1. The first kappa shape index (κ1) is 11.5. The number of hydrogen-bond donors (Lipinski definition) is 0. The van der Waals surface area contributed by atoms with Crippen molar-refractivity contribution < 1.29 is 9.53 Å². The first-order valence-electron chi connectivity index (χ1n) is 4.93. The summed E-state index contributed by atoms with van der Waals surface area (Å²) in [5.41, 5.74) is 0.557. The summed E-state index contributed by atoms with van der Waals surface area (Å²) in [6, 6.07) is 9.65. The van der Waals surface area contributed by atoms with Gasteiger partial charge in [-0.3, -0.25) is 0 Å². The quantitative estimate of drug-likeness (QED) is 0.546. The number of rotatable bonds is 2. The molecule has 0 fully saturated rings. The van der Waals surface area contributed by atoms with Gasteiger partial charge in [-0.25, -0.2) is 4.79 Å². The van der Waals surface area contributed by atoms with Gasteiger partial charge in [0.15, 0.2) is 0 Å². The average molecular weight is 204 g/mol. The zero-order valence-electron chi connectivity index (χ0n) is 9.36. The number of carbonyl (C=O) groups is 1. The highest BCUT2D eigenvalue weighted by atomic mass is 16.6. The van der Waals surface area contributed by atoms with Crippen LogP contribution in [0.2, 0.25) is 0 Å². The molecule has 2 heteroatoms. The maximum absolute atomic E-state index is 11.3. The minimum absolute atomic E-state index is 0.314. The number of hydrogen-bond acceptors (Lipinski definition) is 2. The van der Waals surface area contributed by atoms with Crippen molar-refractivity contribution in [3.63, 3.8) is 0 Å². The fraction of sp³-hybridized carbons (Fsp3) is 0.308. The van der Waals surface area contributed by atoms with E-state index in [9.17, 15) is 4.79 Å². The molecule has 0 aliphatic heterocycles. The predicted molar refractivity (Wildman–Crippen MR) is 61.3 cm³/mol. The van der Waals surface area contributed by atoms with Crippen LogP contribution in [0.1, 0.15) is 26.3 Å². The van der Waals surface area contributed by atoms with Gasteiger partial charge in [-0.2, -0.15) is 0 Å². The molecule has 0 saturated heterocycles. The molecule has 0 aliphatic carbocycles. The van der Waals surface area contributed by atoms with Gasteiger partial charge >= 0.3 is 5.97 Å². The highest BCUT2D eigenvalue weighted by Gasteiger charge is 2.13. The van der Waals surface area contributed by atoms with Crippen molar-refractivity contribution in [1.82, 2.24) is 0 Å². The van der Waals surface area contributed by atoms with Gasteiger partial charge in [-0.15, -0.1) is 0 Å². The second-order valence-corrected chi connectivity index (χ2v) is 4.28. The topological polar surface area (TPSA) is 26.3 Å². The van der Waals surface area contributed by atoms with E-state index in [-0.39, 0.29) is 5.97 Å². The first-order valence-corrected chi connectivity index (χ1v) is 4.93. The molecule has 0 N–H and O–H groups in total. The normalized spacial score (nSPS) is 11.7. The molecule has 0 saturated carbocycles. The molecule has 0 atom stereocenters. The van der Waals surface area contributed by atoms with Crippen LogP contribution in [0.4, 0.5) is 0 Å². The lowest BCUT2D eigenvalue weighted by atomic mass is 10.2. The highest BCUT2D eigenvalue weighted by molar-refractivity contribution is 5.87. The molecule has 0 bridgehead atoms. The van der Waals surface area contributed by atoms with Crippen LogP contribution in [0.3, 0.4) is 0 Å². The van der Waals surface area contributed by atoms with Crippen molar-refractivity contribution in [2.24, 2.45) is 0 Å². The summed E-state index contributed by atoms with van der Waals surface area (Å²) in [6.45, 7) is 5.55. The van der Waals surface area contributed by atoms with E-state index >= 15 is 0 Å². The largest absolute Gasteiger partial charge is 0.457 e. The fourth-order valence-electron chi connectivity index (χ4n) is 1.06. The monoisotopic (exact) mass is 204 g/mol. The Labute approximate surface area is 90.6 Å². The molecule has 1 rings (SSSR count). The molecule has 1 aromatic rings. The van der Waals surface area contributed by atoms with Crippen LogP contribution in [-0.2, 0) is 9.53 Å². The maximum Gasteiger partial charge on any atom is 0.331 e. The van der Waals surface area contributed by atoms with Gasteiger partial charge in [0.2, 0.25) is 0 Å². The van der Waals surface area contributed by atoms with E-state index in [4.69, 9.17) is 4.74 Å². The first-order chi connectivity index (χ1) is 6.97. The lowest BCUT2D eigenvalue weighted by Crippen LogP contribution is -2.22. The second-order valence-electron chi connectivity index (χ2n) is 4.28. The van der Waals surface area contributed by atoms with Crippen LogP contribution in [0, 0.1) is 0 Å². The standard InChI is InChI=1S/C13H16O2/c1-13(2,3)15-12(14)10-9-11-7-5-4-6-8-11/h4-10H,1-3H3. The van der Waals surface area contributed by atoms with Gasteiger partial charge in [0, 0.05) is 6.08 Å². The molecule has 2 nitrogen and oxygen atoms in total. The lowest BCUT2D eigenvalue weighted by Gasteiger charge is -2.17. The summed E-state index contributed by atoms with van der Waals surface area (Å²) in [6.07, 6.45) is 3.19. The Bertz CT molecular complexity index is 345. The Morgan fingerprint density at radius 2 is 1.80 bits per heavy atom. The number of benzene rings is 1. The molecule has 15 heavy (non-hydrogen) atoms. The van der Waals surface area contributed by atoms with Gasteiger partial charge in [-0.05, 0) is 32.4 Å². The highest BCUT2D eigenvalue weighted by Crippen LogP contribution is 2.08. The number of esters is 1. The Kier molecular flexibility index (Phi) is 3.67. The summed E-state index contributed by atoms with van der Waals surface area (Å²) in [7, 11) is 0. The average Bonchev–Trinajstić information content (AvgIpc) is 2.14. The summed E-state index contributed by atoms with van der Waals surface area (Å²) in [5.74, 6) is -0.314. The molecular formula is C13H16O2. The third-order valence-corrected chi connectivity index (χ3v) is 1.62. The third kappa shape index (κ3) is 5.01. The van der Waals surface area contributed by atoms with E-state index in [0.717, 1.165) is 5.56 Å². The van der Waals surface area contributed by atoms with E-state index in [0.29, 0.717) is 0 Å². The van der Waals surface area contributed by atoms with Crippen LogP contribution in [0.25, 0.3) is 6.08 Å². The fourth-order valence-corrected chi connectivity index (χ4v) is 1.06. The van der Waals surface area contributed by atoms with Gasteiger partial charge in [0.25, 0.3) is 0 Å². The molecule has 0 aliphatic rings. The second kappa shape index (κ2) is 4.78. The van der Waals surface area contributed by atoms with Gasteiger partial charge < -0.3 is 4.74 Å². The van der Waals surface area contributed by atoms with E-state index in [2.05, 4.69) is 0 Å². The predicted octanol–water partition coefficient (Wildman–Crippen LogP) is 3.04. The Morgan fingerprint density at radius 1 is 1.20 bits per heavy atom. The molecule has 0 heterocycles. The van der Waals surface area contributed by atoms with Crippen LogP contribution >= 0.6 is 0 Å². The van der Waals surface area contributed by atoms with Crippen LogP contribution in [0.5, 0.6) is 0 Å². The molecule has 0 aromatic heterocycles. The van der Waals surface area contributed by atoms with E-state index in [1.807, 2.05) is 51.1 Å². The van der Waals surface area contributed by atoms with Crippen molar-refractivity contribution in [1.29, 1.82) is 0 Å². The zero-order valence-corrected chi connectivity index (χ0v) is 9.36. The van der Waals surface area contributed by atoms with Crippen molar-refractivity contribution in [2.45, 2.75) is 26.4 Å². The molecule has 0 radical (unpaired) electrons. The van der Waals surface area contributed by atoms with Crippen molar-refractivity contribution in [3.05, 3.63) is 42.0 Å². The molecule has 0 unspecified atom stereocenters. The van der Waals surface area contributed by atoms with E-state index < -0.39 is 5.60 Å². The third-order valence-electron chi connectivity index (χ3n) is 1.62. The molecule has 0 spiro atoms. The summed E-state index contributed by atoms with van der Waals surface area (Å²) >= 11 is 0. The van der Waals surface area contributed by atoms with Crippen LogP contribution < -0.4 is 0 Å². The van der Waals surface area contributed by atoms with Crippen LogP contribution in [-0.4, -0.2) is 11.6 Å². The minimum atomic E-state index is -0.432. The van der Waals surface area contributed by atoms with Gasteiger partial charge in [0.05, 0.1) is 0 Å². The molecular weight excluding hydrogens is 188 g/mol. The Balaban J connectivity index is 2.56. The van der Waals surface area contributed by atoms with E-state index in [1.165, 1.54) is 6.08 Å². The minimum Gasteiger partial charge on any atom is -0.457 e. The molecule has 80 valence electrons. The SMILES string of the molecule is CC(C)(C)OC(=O)C=Cc1ccccc1.